The van der Waals surface area contributed by atoms with Gasteiger partial charge >= 0.3 is 0 Å². The zero-order valence-electron chi connectivity index (χ0n) is 10.1. The Balaban J connectivity index is 1.94. The molecule has 0 saturated heterocycles. The summed E-state index contributed by atoms with van der Waals surface area (Å²) in [4.78, 5) is 14.3. The van der Waals surface area contributed by atoms with Crippen molar-refractivity contribution in [1.82, 2.24) is 20.2 Å². The van der Waals surface area contributed by atoms with Crippen molar-refractivity contribution < 1.29 is 4.79 Å². The molecule has 3 rings (SSSR count). The molecule has 0 aliphatic heterocycles. The molecule has 0 radical (unpaired) electrons. The van der Waals surface area contributed by atoms with Crippen LogP contribution < -0.4 is 0 Å². The molecular formula is C13H10N4OS. The Hall–Kier alpha value is -2.34. The molecule has 0 atom stereocenters. The summed E-state index contributed by atoms with van der Waals surface area (Å²) >= 11 is 1.37. The van der Waals surface area contributed by atoms with Gasteiger partial charge < -0.3 is 0 Å². The molecule has 0 aliphatic rings. The summed E-state index contributed by atoms with van der Waals surface area (Å²) in [6, 6.07) is 13.2. The van der Waals surface area contributed by atoms with Crippen LogP contribution in [-0.2, 0) is 0 Å². The van der Waals surface area contributed by atoms with Crippen LogP contribution in [0.25, 0.3) is 16.4 Å². The van der Waals surface area contributed by atoms with Gasteiger partial charge in [-0.1, -0.05) is 18.2 Å². The molecule has 0 amide bonds. The lowest BCUT2D eigenvalue weighted by Gasteiger charge is -1.95. The number of aromatic nitrogens is 4. The van der Waals surface area contributed by atoms with Gasteiger partial charge in [0.2, 0.25) is 5.82 Å². The van der Waals surface area contributed by atoms with Crippen LogP contribution in [-0.4, -0.2) is 26.0 Å². The summed E-state index contributed by atoms with van der Waals surface area (Å²) < 4.78 is 0. The molecule has 94 valence electrons. The van der Waals surface area contributed by atoms with Gasteiger partial charge in [-0.25, -0.2) is 0 Å². The first-order chi connectivity index (χ1) is 9.24. The maximum Gasteiger partial charge on any atom is 0.215 e. The molecule has 0 spiro atoms. The van der Waals surface area contributed by atoms with Gasteiger partial charge in [-0.15, -0.1) is 26.3 Å². The number of hydrogen-bond donors (Lipinski definition) is 0. The highest BCUT2D eigenvalue weighted by Gasteiger charge is 2.11. The summed E-state index contributed by atoms with van der Waals surface area (Å²) in [6.45, 7) is 1.55. The van der Waals surface area contributed by atoms with E-state index in [9.17, 15) is 4.79 Å². The predicted molar refractivity (Wildman–Crippen MR) is 72.5 cm³/mol. The zero-order chi connectivity index (χ0) is 13.2. The SMILES string of the molecule is CC(=O)c1ccc(-c2nnn(-c3ccccc3)n2)s1. The number of carbonyl (C=O) groups is 1. The summed E-state index contributed by atoms with van der Waals surface area (Å²) in [5.74, 6) is 0.577. The van der Waals surface area contributed by atoms with E-state index in [0.29, 0.717) is 10.7 Å². The van der Waals surface area contributed by atoms with Gasteiger partial charge in [0.15, 0.2) is 5.78 Å². The van der Waals surface area contributed by atoms with Gasteiger partial charge in [0.05, 0.1) is 15.4 Å². The van der Waals surface area contributed by atoms with E-state index in [-0.39, 0.29) is 5.78 Å². The average Bonchev–Trinajstić information content (AvgIpc) is 3.09. The second-order valence-electron chi connectivity index (χ2n) is 3.96. The number of tetrazole rings is 1. The van der Waals surface area contributed by atoms with Crippen LogP contribution in [0.1, 0.15) is 16.6 Å². The monoisotopic (exact) mass is 270 g/mol. The molecule has 0 bridgehead atoms. The maximum atomic E-state index is 11.3. The first-order valence-corrected chi connectivity index (χ1v) is 6.52. The molecule has 3 aromatic rings. The van der Waals surface area contributed by atoms with E-state index in [4.69, 9.17) is 0 Å². The van der Waals surface area contributed by atoms with Gasteiger partial charge in [0.25, 0.3) is 0 Å². The van der Waals surface area contributed by atoms with E-state index < -0.39 is 0 Å². The Bertz CT molecular complexity index is 717. The molecule has 0 N–H and O–H groups in total. The fourth-order valence-corrected chi connectivity index (χ4v) is 2.46. The molecule has 0 saturated carbocycles. The highest BCUT2D eigenvalue weighted by Crippen LogP contribution is 2.25. The minimum Gasteiger partial charge on any atom is -0.294 e. The van der Waals surface area contributed by atoms with Crippen LogP contribution in [0.2, 0.25) is 0 Å². The lowest BCUT2D eigenvalue weighted by atomic mass is 10.3. The lowest BCUT2D eigenvalue weighted by Crippen LogP contribution is -1.97. The van der Waals surface area contributed by atoms with Gasteiger partial charge in [-0.05, 0) is 36.4 Å². The third kappa shape index (κ3) is 2.30. The second-order valence-corrected chi connectivity index (χ2v) is 5.04. The van der Waals surface area contributed by atoms with Crippen molar-refractivity contribution in [3.8, 4) is 16.4 Å². The van der Waals surface area contributed by atoms with E-state index in [1.165, 1.54) is 16.1 Å². The van der Waals surface area contributed by atoms with Gasteiger partial charge in [-0.3, -0.25) is 4.79 Å². The van der Waals surface area contributed by atoms with Crippen LogP contribution in [0, 0.1) is 0 Å². The first kappa shape index (κ1) is 11.7. The van der Waals surface area contributed by atoms with E-state index in [1.807, 2.05) is 36.4 Å². The molecule has 6 heteroatoms. The van der Waals surface area contributed by atoms with Crippen molar-refractivity contribution in [2.45, 2.75) is 6.92 Å². The van der Waals surface area contributed by atoms with Crippen LogP contribution in [0.4, 0.5) is 0 Å². The van der Waals surface area contributed by atoms with Gasteiger partial charge in [-0.2, -0.15) is 0 Å². The number of nitrogens with zero attached hydrogens (tertiary/aromatic N) is 4. The Morgan fingerprint density at radius 1 is 1.16 bits per heavy atom. The molecule has 0 unspecified atom stereocenters. The van der Waals surface area contributed by atoms with Crippen molar-refractivity contribution in [2.24, 2.45) is 0 Å². The molecule has 19 heavy (non-hydrogen) atoms. The van der Waals surface area contributed by atoms with Crippen LogP contribution in [0.15, 0.2) is 42.5 Å². The van der Waals surface area contributed by atoms with E-state index in [2.05, 4.69) is 15.4 Å². The second kappa shape index (κ2) is 4.74. The van der Waals surface area contributed by atoms with Crippen LogP contribution in [0.3, 0.4) is 0 Å². The number of benzene rings is 1. The largest absolute Gasteiger partial charge is 0.294 e. The number of carbonyl (C=O) groups excluding carboxylic acids is 1. The molecule has 5 nitrogen and oxygen atoms in total. The highest BCUT2D eigenvalue weighted by molar-refractivity contribution is 7.17. The number of hydrogen-bond acceptors (Lipinski definition) is 5. The Kier molecular flexibility index (Phi) is 2.92. The van der Waals surface area contributed by atoms with Crippen molar-refractivity contribution in [3.05, 3.63) is 47.3 Å². The number of rotatable bonds is 3. The third-order valence-electron chi connectivity index (χ3n) is 2.57. The van der Waals surface area contributed by atoms with Gasteiger partial charge in [0, 0.05) is 0 Å². The lowest BCUT2D eigenvalue weighted by molar-refractivity contribution is 0.102. The van der Waals surface area contributed by atoms with Crippen LogP contribution >= 0.6 is 11.3 Å². The van der Waals surface area contributed by atoms with Crippen molar-refractivity contribution >= 4 is 17.1 Å². The normalized spacial score (nSPS) is 10.6. The summed E-state index contributed by atoms with van der Waals surface area (Å²) in [6.07, 6.45) is 0. The van der Waals surface area contributed by atoms with Crippen molar-refractivity contribution in [2.75, 3.05) is 0 Å². The van der Waals surface area contributed by atoms with Crippen LogP contribution in [0.5, 0.6) is 0 Å². The smallest absolute Gasteiger partial charge is 0.215 e. The standard InChI is InChI=1S/C13H10N4OS/c1-9(18)11-7-8-12(19-11)13-14-16-17(15-13)10-5-3-2-4-6-10/h2-8H,1H3. The summed E-state index contributed by atoms with van der Waals surface area (Å²) in [7, 11) is 0. The Morgan fingerprint density at radius 3 is 2.63 bits per heavy atom. The third-order valence-corrected chi connectivity index (χ3v) is 3.76. The summed E-state index contributed by atoms with van der Waals surface area (Å²) in [5.41, 5.74) is 0.851. The molecule has 2 aromatic heterocycles. The molecular weight excluding hydrogens is 260 g/mol. The van der Waals surface area contributed by atoms with Gasteiger partial charge in [0.1, 0.15) is 0 Å². The average molecular weight is 270 g/mol. The van der Waals surface area contributed by atoms with E-state index in [0.717, 1.165) is 10.6 Å². The molecule has 2 heterocycles. The fraction of sp³-hybridized carbons (Fsp3) is 0.0769. The maximum absolute atomic E-state index is 11.3. The number of para-hydroxylation sites is 1. The Labute approximate surface area is 113 Å². The van der Waals surface area contributed by atoms with Crippen molar-refractivity contribution in [1.29, 1.82) is 0 Å². The fourth-order valence-electron chi connectivity index (χ4n) is 1.63. The number of thiophene rings is 1. The molecule has 1 aromatic carbocycles. The highest BCUT2D eigenvalue weighted by atomic mass is 32.1. The first-order valence-electron chi connectivity index (χ1n) is 5.70. The minimum absolute atomic E-state index is 0.0479. The molecule has 0 aliphatic carbocycles. The number of ketones is 1. The van der Waals surface area contributed by atoms with E-state index in [1.54, 1.807) is 13.0 Å². The Morgan fingerprint density at radius 2 is 1.95 bits per heavy atom. The number of Topliss-reactive ketones (excluding diaryl/α,β-unsaturated/α-hetero) is 1. The summed E-state index contributed by atoms with van der Waals surface area (Å²) in [5, 5.41) is 12.3. The van der Waals surface area contributed by atoms with Crippen molar-refractivity contribution in [3.63, 3.8) is 0 Å². The zero-order valence-corrected chi connectivity index (χ0v) is 11.0. The topological polar surface area (TPSA) is 60.7 Å². The minimum atomic E-state index is 0.0479. The molecule has 0 fully saturated rings. The van der Waals surface area contributed by atoms with E-state index >= 15 is 0 Å². The predicted octanol–water partition coefficient (Wildman–Crippen LogP) is 2.59. The quantitative estimate of drug-likeness (QED) is 0.686.